The van der Waals surface area contributed by atoms with Crippen molar-refractivity contribution in [2.45, 2.75) is 0 Å². The Morgan fingerprint density at radius 3 is 2.83 bits per heavy atom. The van der Waals surface area contributed by atoms with Gasteiger partial charge in [-0.2, -0.15) is 0 Å². The molecule has 1 amide bonds. The lowest BCUT2D eigenvalue weighted by Crippen LogP contribution is -2.12. The molecule has 0 bridgehead atoms. The van der Waals surface area contributed by atoms with Crippen molar-refractivity contribution in [3.63, 3.8) is 0 Å². The zero-order chi connectivity index (χ0) is 16.7. The molecular formula is C19H16N4O. The van der Waals surface area contributed by atoms with E-state index >= 15 is 0 Å². The minimum absolute atomic E-state index is 0.454. The topological polar surface area (TPSA) is 76.7 Å². The molecular weight excluding hydrogens is 300 g/mol. The number of carbonyl (C=O) groups is 1. The largest absolute Gasteiger partial charge is 0.366 e. The first kappa shape index (κ1) is 14.3. The lowest BCUT2D eigenvalue weighted by atomic mass is 10.0. The summed E-state index contributed by atoms with van der Waals surface area (Å²) in [6.45, 7) is 0. The first-order chi connectivity index (χ1) is 11.6. The summed E-state index contributed by atoms with van der Waals surface area (Å²) < 4.78 is 2.00. The van der Waals surface area contributed by atoms with Gasteiger partial charge in [-0.3, -0.25) is 4.79 Å². The number of pyridine rings is 1. The smallest absolute Gasteiger partial charge is 0.249 e. The molecule has 24 heavy (non-hydrogen) atoms. The minimum Gasteiger partial charge on any atom is -0.366 e. The molecule has 3 aromatic heterocycles. The average molecular weight is 316 g/mol. The number of aromatic nitrogens is 3. The number of benzene rings is 1. The van der Waals surface area contributed by atoms with E-state index in [0.717, 1.165) is 33.1 Å². The number of aromatic amines is 1. The molecule has 5 heteroatoms. The number of nitrogens with two attached hydrogens (primary N) is 1. The van der Waals surface area contributed by atoms with Gasteiger partial charge in [-0.05, 0) is 24.3 Å². The van der Waals surface area contributed by atoms with Gasteiger partial charge in [0.2, 0.25) is 5.91 Å². The Labute approximate surface area is 138 Å². The second-order valence-electron chi connectivity index (χ2n) is 5.74. The number of carbonyl (C=O) groups excluding carboxylic acids is 1. The van der Waals surface area contributed by atoms with Crippen molar-refractivity contribution >= 4 is 39.5 Å². The number of aryl methyl sites for hydroxylation is 1. The van der Waals surface area contributed by atoms with Crippen LogP contribution in [0.25, 0.3) is 33.6 Å². The molecule has 0 saturated heterocycles. The molecule has 3 heterocycles. The number of primary amides is 1. The summed E-state index contributed by atoms with van der Waals surface area (Å²) in [6.07, 6.45) is 7.33. The normalized spacial score (nSPS) is 12.1. The number of rotatable bonds is 3. The molecule has 0 radical (unpaired) electrons. The number of hydrogen-bond acceptors (Lipinski definition) is 2. The Bertz CT molecular complexity index is 1100. The molecule has 5 nitrogen and oxygen atoms in total. The summed E-state index contributed by atoms with van der Waals surface area (Å²) in [6, 6.07) is 11.8. The van der Waals surface area contributed by atoms with Gasteiger partial charge in [-0.15, -0.1) is 0 Å². The van der Waals surface area contributed by atoms with Crippen molar-refractivity contribution in [2.75, 3.05) is 0 Å². The monoisotopic (exact) mass is 316 g/mol. The van der Waals surface area contributed by atoms with Gasteiger partial charge in [0.05, 0.1) is 0 Å². The summed E-state index contributed by atoms with van der Waals surface area (Å²) in [5.41, 5.74) is 9.73. The molecule has 118 valence electrons. The minimum atomic E-state index is -0.454. The van der Waals surface area contributed by atoms with Crippen molar-refractivity contribution in [3.05, 3.63) is 66.1 Å². The number of nitrogens with zero attached hydrogens (tertiary/aromatic N) is 2. The maximum absolute atomic E-state index is 12.1. The van der Waals surface area contributed by atoms with Gasteiger partial charge in [0.25, 0.3) is 0 Å². The molecule has 4 aromatic rings. The summed E-state index contributed by atoms with van der Waals surface area (Å²) >= 11 is 0. The Kier molecular flexibility index (Phi) is 3.20. The molecule has 1 aromatic carbocycles. The number of amides is 1. The van der Waals surface area contributed by atoms with E-state index in [-0.39, 0.29) is 0 Å². The summed E-state index contributed by atoms with van der Waals surface area (Å²) in [5.74, 6) is -0.454. The summed E-state index contributed by atoms with van der Waals surface area (Å²) in [7, 11) is 1.96. The van der Waals surface area contributed by atoms with Crippen LogP contribution in [-0.2, 0) is 11.8 Å². The Hall–Kier alpha value is -3.34. The molecule has 0 fully saturated rings. The molecule has 0 aliphatic carbocycles. The van der Waals surface area contributed by atoms with Gasteiger partial charge in [0.15, 0.2) is 0 Å². The lowest BCUT2D eigenvalue weighted by Gasteiger charge is -2.02. The lowest BCUT2D eigenvalue weighted by molar-refractivity contribution is -0.112. The summed E-state index contributed by atoms with van der Waals surface area (Å²) in [4.78, 5) is 19.5. The fraction of sp³-hybridized carbons (Fsp3) is 0.0526. The maximum atomic E-state index is 12.1. The molecule has 0 aliphatic rings. The average Bonchev–Trinajstić information content (AvgIpc) is 3.14. The van der Waals surface area contributed by atoms with Crippen LogP contribution >= 0.6 is 0 Å². The third kappa shape index (κ3) is 2.18. The zero-order valence-corrected chi connectivity index (χ0v) is 13.2. The highest BCUT2D eigenvalue weighted by Gasteiger charge is 2.16. The van der Waals surface area contributed by atoms with E-state index in [1.54, 1.807) is 6.20 Å². The van der Waals surface area contributed by atoms with Gasteiger partial charge in [0.1, 0.15) is 5.65 Å². The number of nitrogens with one attached hydrogen (secondary N) is 1. The number of fused-ring (bicyclic) bond motifs is 2. The van der Waals surface area contributed by atoms with Crippen molar-refractivity contribution in [2.24, 2.45) is 12.8 Å². The van der Waals surface area contributed by atoms with Gasteiger partial charge in [0, 0.05) is 58.6 Å². The molecule has 0 atom stereocenters. The van der Waals surface area contributed by atoms with Crippen LogP contribution in [0.4, 0.5) is 0 Å². The van der Waals surface area contributed by atoms with Gasteiger partial charge < -0.3 is 15.3 Å². The SMILES string of the molecule is Cn1cc(C(=Cc2c[nH]c3ncccc23)C(N)=O)c2ccccc21. The van der Waals surface area contributed by atoms with Crippen LogP contribution in [-0.4, -0.2) is 20.4 Å². The van der Waals surface area contributed by atoms with E-state index in [4.69, 9.17) is 5.73 Å². The molecule has 4 rings (SSSR count). The van der Waals surface area contributed by atoms with Gasteiger partial charge >= 0.3 is 0 Å². The van der Waals surface area contributed by atoms with Crippen LogP contribution in [0.15, 0.2) is 55.0 Å². The van der Waals surface area contributed by atoms with Crippen molar-refractivity contribution < 1.29 is 4.79 Å². The molecule has 0 unspecified atom stereocenters. The Morgan fingerprint density at radius 1 is 1.21 bits per heavy atom. The first-order valence-corrected chi connectivity index (χ1v) is 7.63. The van der Waals surface area contributed by atoms with Crippen LogP contribution in [0.5, 0.6) is 0 Å². The van der Waals surface area contributed by atoms with E-state index in [1.165, 1.54) is 0 Å². The van der Waals surface area contributed by atoms with Gasteiger partial charge in [-0.1, -0.05) is 18.2 Å². The van der Waals surface area contributed by atoms with Crippen LogP contribution in [0.3, 0.4) is 0 Å². The van der Waals surface area contributed by atoms with Crippen LogP contribution in [0, 0.1) is 0 Å². The van der Waals surface area contributed by atoms with E-state index in [0.29, 0.717) is 5.57 Å². The van der Waals surface area contributed by atoms with E-state index < -0.39 is 5.91 Å². The molecule has 0 aliphatic heterocycles. The predicted octanol–water partition coefficient (Wildman–Crippen LogP) is 3.08. The van der Waals surface area contributed by atoms with Crippen molar-refractivity contribution in [1.82, 2.24) is 14.5 Å². The van der Waals surface area contributed by atoms with Crippen molar-refractivity contribution in [3.8, 4) is 0 Å². The Morgan fingerprint density at radius 2 is 2.00 bits per heavy atom. The van der Waals surface area contributed by atoms with E-state index in [2.05, 4.69) is 9.97 Å². The second-order valence-corrected chi connectivity index (χ2v) is 5.74. The molecule has 3 N–H and O–H groups in total. The van der Waals surface area contributed by atoms with Crippen LogP contribution < -0.4 is 5.73 Å². The fourth-order valence-electron chi connectivity index (χ4n) is 3.09. The maximum Gasteiger partial charge on any atom is 0.249 e. The number of H-pyrrole nitrogens is 1. The number of para-hydroxylation sites is 1. The van der Waals surface area contributed by atoms with Crippen LogP contribution in [0.1, 0.15) is 11.1 Å². The molecule has 0 saturated carbocycles. The second kappa shape index (κ2) is 5.38. The fourth-order valence-corrected chi connectivity index (χ4v) is 3.09. The van der Waals surface area contributed by atoms with Crippen LogP contribution in [0.2, 0.25) is 0 Å². The third-order valence-corrected chi connectivity index (χ3v) is 4.24. The highest BCUT2D eigenvalue weighted by molar-refractivity contribution is 6.27. The standard InChI is InChI=1S/C19H16N4O/c1-23-11-16(14-5-2-3-7-17(14)23)15(18(20)24)9-12-10-22-19-13(12)6-4-8-21-19/h2-11H,1H3,(H2,20,24)(H,21,22). The third-order valence-electron chi connectivity index (χ3n) is 4.24. The highest BCUT2D eigenvalue weighted by Crippen LogP contribution is 2.29. The van der Waals surface area contributed by atoms with E-state index in [1.807, 2.05) is 66.5 Å². The van der Waals surface area contributed by atoms with Crippen molar-refractivity contribution in [1.29, 1.82) is 0 Å². The predicted molar refractivity (Wildman–Crippen MR) is 96.1 cm³/mol. The quantitative estimate of drug-likeness (QED) is 0.570. The zero-order valence-electron chi connectivity index (χ0n) is 13.2. The highest BCUT2D eigenvalue weighted by atomic mass is 16.1. The summed E-state index contributed by atoms with van der Waals surface area (Å²) in [5, 5.41) is 1.96. The molecule has 0 spiro atoms. The Balaban J connectivity index is 1.96. The number of hydrogen-bond donors (Lipinski definition) is 2. The van der Waals surface area contributed by atoms with E-state index in [9.17, 15) is 4.79 Å². The first-order valence-electron chi connectivity index (χ1n) is 7.63. The van der Waals surface area contributed by atoms with Gasteiger partial charge in [-0.25, -0.2) is 4.98 Å².